The van der Waals surface area contributed by atoms with Gasteiger partial charge in [-0.3, -0.25) is 4.79 Å². The Morgan fingerprint density at radius 1 is 1.50 bits per heavy atom. The summed E-state index contributed by atoms with van der Waals surface area (Å²) in [6, 6.07) is 0. The van der Waals surface area contributed by atoms with Gasteiger partial charge in [-0.2, -0.15) is 0 Å². The van der Waals surface area contributed by atoms with Crippen molar-refractivity contribution in [3.8, 4) is 0 Å². The Hall–Kier alpha value is -0.570. The van der Waals surface area contributed by atoms with Gasteiger partial charge in [0.25, 0.3) is 0 Å². The molecule has 0 saturated heterocycles. The first-order valence-electron chi connectivity index (χ1n) is 5.50. The van der Waals surface area contributed by atoms with Crippen molar-refractivity contribution >= 4 is 5.97 Å². The minimum absolute atomic E-state index is 0.00183. The SMILES string of the molecule is CCNC(CC)(CC(=O)OC)C1CC1. The molecule has 3 nitrogen and oxygen atoms in total. The van der Waals surface area contributed by atoms with E-state index in [4.69, 9.17) is 4.74 Å². The lowest BCUT2D eigenvalue weighted by molar-refractivity contribution is -0.142. The van der Waals surface area contributed by atoms with Crippen molar-refractivity contribution in [1.82, 2.24) is 5.32 Å². The minimum atomic E-state index is -0.0975. The van der Waals surface area contributed by atoms with Gasteiger partial charge in [0.2, 0.25) is 0 Å². The highest BCUT2D eigenvalue weighted by atomic mass is 16.5. The van der Waals surface area contributed by atoms with Crippen LogP contribution < -0.4 is 5.32 Å². The molecule has 1 rings (SSSR count). The number of nitrogens with one attached hydrogen (secondary N) is 1. The molecule has 0 heterocycles. The molecule has 82 valence electrons. The second-order valence-electron chi connectivity index (χ2n) is 4.07. The smallest absolute Gasteiger partial charge is 0.307 e. The lowest BCUT2D eigenvalue weighted by Crippen LogP contribution is -2.48. The lowest BCUT2D eigenvalue weighted by atomic mass is 9.86. The molecule has 1 unspecified atom stereocenters. The van der Waals surface area contributed by atoms with Gasteiger partial charge in [-0.1, -0.05) is 13.8 Å². The zero-order valence-corrected chi connectivity index (χ0v) is 9.43. The zero-order valence-electron chi connectivity index (χ0n) is 9.43. The van der Waals surface area contributed by atoms with Crippen molar-refractivity contribution in [2.24, 2.45) is 5.92 Å². The first-order chi connectivity index (χ1) is 6.68. The Balaban J connectivity index is 2.62. The van der Waals surface area contributed by atoms with Gasteiger partial charge in [0.1, 0.15) is 0 Å². The van der Waals surface area contributed by atoms with Crippen LogP contribution in [-0.4, -0.2) is 25.2 Å². The molecule has 0 spiro atoms. The fraction of sp³-hybridized carbons (Fsp3) is 0.909. The topological polar surface area (TPSA) is 38.3 Å². The molecule has 0 amide bonds. The highest BCUT2D eigenvalue weighted by Gasteiger charge is 2.44. The van der Waals surface area contributed by atoms with E-state index in [1.54, 1.807) is 0 Å². The van der Waals surface area contributed by atoms with Crippen LogP contribution in [0.15, 0.2) is 0 Å². The first-order valence-corrected chi connectivity index (χ1v) is 5.50. The van der Waals surface area contributed by atoms with Gasteiger partial charge in [0.05, 0.1) is 13.5 Å². The molecule has 1 aliphatic carbocycles. The summed E-state index contributed by atoms with van der Waals surface area (Å²) < 4.78 is 4.75. The zero-order chi connectivity index (χ0) is 10.6. The van der Waals surface area contributed by atoms with Gasteiger partial charge >= 0.3 is 5.97 Å². The summed E-state index contributed by atoms with van der Waals surface area (Å²) in [5.41, 5.74) is 0.00183. The number of hydrogen-bond acceptors (Lipinski definition) is 3. The standard InChI is InChI=1S/C11H21NO2/c1-4-11(12-5-2,9-6-7-9)8-10(13)14-3/h9,12H,4-8H2,1-3H3. The fourth-order valence-corrected chi connectivity index (χ4v) is 2.21. The molecule has 14 heavy (non-hydrogen) atoms. The molecular formula is C11H21NO2. The summed E-state index contributed by atoms with van der Waals surface area (Å²) >= 11 is 0. The maximum atomic E-state index is 11.3. The van der Waals surface area contributed by atoms with Crippen molar-refractivity contribution in [2.75, 3.05) is 13.7 Å². The van der Waals surface area contributed by atoms with Crippen LogP contribution in [0.4, 0.5) is 0 Å². The highest BCUT2D eigenvalue weighted by Crippen LogP contribution is 2.43. The van der Waals surface area contributed by atoms with Crippen molar-refractivity contribution in [3.05, 3.63) is 0 Å². The molecule has 3 heteroatoms. The van der Waals surface area contributed by atoms with Crippen LogP contribution in [0, 0.1) is 5.92 Å². The maximum absolute atomic E-state index is 11.3. The Bertz CT molecular complexity index is 201. The van der Waals surface area contributed by atoms with E-state index in [9.17, 15) is 4.79 Å². The van der Waals surface area contributed by atoms with E-state index in [1.165, 1.54) is 20.0 Å². The molecule has 1 atom stereocenters. The number of esters is 1. The molecule has 0 aromatic heterocycles. The van der Waals surface area contributed by atoms with E-state index in [1.807, 2.05) is 0 Å². The second-order valence-corrected chi connectivity index (χ2v) is 4.07. The van der Waals surface area contributed by atoms with Crippen molar-refractivity contribution < 1.29 is 9.53 Å². The first kappa shape index (κ1) is 11.5. The van der Waals surface area contributed by atoms with Crippen LogP contribution in [0.2, 0.25) is 0 Å². The molecule has 1 fully saturated rings. The van der Waals surface area contributed by atoms with E-state index in [-0.39, 0.29) is 11.5 Å². The summed E-state index contributed by atoms with van der Waals surface area (Å²) in [4.78, 5) is 11.3. The number of carbonyl (C=O) groups is 1. The predicted octanol–water partition coefficient (Wildman–Crippen LogP) is 1.72. The van der Waals surface area contributed by atoms with Crippen molar-refractivity contribution in [1.29, 1.82) is 0 Å². The van der Waals surface area contributed by atoms with E-state index in [2.05, 4.69) is 19.2 Å². The fourth-order valence-electron chi connectivity index (χ4n) is 2.21. The molecule has 0 aromatic carbocycles. The number of hydrogen-bond donors (Lipinski definition) is 1. The van der Waals surface area contributed by atoms with Gasteiger partial charge in [0, 0.05) is 5.54 Å². The summed E-state index contributed by atoms with van der Waals surface area (Å²) in [5.74, 6) is 0.575. The number of carbonyl (C=O) groups excluding carboxylic acids is 1. The molecule has 0 aliphatic heterocycles. The summed E-state index contributed by atoms with van der Waals surface area (Å²) in [5, 5.41) is 3.47. The third kappa shape index (κ3) is 2.47. The average molecular weight is 199 g/mol. The minimum Gasteiger partial charge on any atom is -0.469 e. The molecule has 0 bridgehead atoms. The van der Waals surface area contributed by atoms with Crippen molar-refractivity contribution in [3.63, 3.8) is 0 Å². The summed E-state index contributed by atoms with van der Waals surface area (Å²) in [6.45, 7) is 5.15. The van der Waals surface area contributed by atoms with Crippen molar-refractivity contribution in [2.45, 2.75) is 45.1 Å². The quantitative estimate of drug-likeness (QED) is 0.662. The third-order valence-electron chi connectivity index (χ3n) is 3.21. The van der Waals surface area contributed by atoms with Crippen LogP contribution in [0.1, 0.15) is 39.5 Å². The predicted molar refractivity (Wildman–Crippen MR) is 56.1 cm³/mol. The van der Waals surface area contributed by atoms with E-state index >= 15 is 0 Å². The summed E-state index contributed by atoms with van der Waals surface area (Å²) in [7, 11) is 1.46. The number of rotatable bonds is 6. The molecule has 0 radical (unpaired) electrons. The molecule has 1 saturated carbocycles. The van der Waals surface area contributed by atoms with E-state index in [0.29, 0.717) is 12.3 Å². The number of methoxy groups -OCH3 is 1. The van der Waals surface area contributed by atoms with Gasteiger partial charge in [-0.15, -0.1) is 0 Å². The Labute approximate surface area is 86.2 Å². The monoisotopic (exact) mass is 199 g/mol. The molecule has 1 aliphatic rings. The molecule has 1 N–H and O–H groups in total. The number of ether oxygens (including phenoxy) is 1. The second kappa shape index (κ2) is 4.78. The Kier molecular flexibility index (Phi) is 3.93. The average Bonchev–Trinajstić information content (AvgIpc) is 3.00. The normalized spacial score (nSPS) is 20.2. The maximum Gasteiger partial charge on any atom is 0.307 e. The van der Waals surface area contributed by atoms with E-state index in [0.717, 1.165) is 13.0 Å². The van der Waals surface area contributed by atoms with Gasteiger partial charge in [0.15, 0.2) is 0 Å². The summed E-state index contributed by atoms with van der Waals surface area (Å²) in [6.07, 6.45) is 4.01. The van der Waals surface area contributed by atoms with Crippen LogP contribution in [0.5, 0.6) is 0 Å². The van der Waals surface area contributed by atoms with Crippen LogP contribution >= 0.6 is 0 Å². The molecular weight excluding hydrogens is 178 g/mol. The Morgan fingerprint density at radius 2 is 2.14 bits per heavy atom. The third-order valence-corrected chi connectivity index (χ3v) is 3.21. The molecule has 0 aromatic rings. The van der Waals surface area contributed by atoms with Gasteiger partial charge in [-0.25, -0.2) is 0 Å². The van der Waals surface area contributed by atoms with Gasteiger partial charge < -0.3 is 10.1 Å². The van der Waals surface area contributed by atoms with Crippen LogP contribution in [0.3, 0.4) is 0 Å². The largest absolute Gasteiger partial charge is 0.469 e. The lowest BCUT2D eigenvalue weighted by Gasteiger charge is -2.33. The van der Waals surface area contributed by atoms with Crippen LogP contribution in [0.25, 0.3) is 0 Å². The van der Waals surface area contributed by atoms with Gasteiger partial charge in [-0.05, 0) is 31.7 Å². The van der Waals surface area contributed by atoms with E-state index < -0.39 is 0 Å². The Morgan fingerprint density at radius 3 is 2.50 bits per heavy atom. The highest BCUT2D eigenvalue weighted by molar-refractivity contribution is 5.70. The van der Waals surface area contributed by atoms with Crippen LogP contribution in [-0.2, 0) is 9.53 Å².